The highest BCUT2D eigenvalue weighted by molar-refractivity contribution is 7.15. The van der Waals surface area contributed by atoms with E-state index in [0.717, 1.165) is 37.6 Å². The van der Waals surface area contributed by atoms with Crippen LogP contribution in [0, 0.1) is 5.92 Å². The van der Waals surface area contributed by atoms with E-state index in [4.69, 9.17) is 10.5 Å². The van der Waals surface area contributed by atoms with Crippen LogP contribution in [0.4, 0.5) is 9.93 Å². The van der Waals surface area contributed by atoms with Crippen molar-refractivity contribution in [2.75, 3.05) is 32.0 Å². The van der Waals surface area contributed by atoms with Gasteiger partial charge in [-0.3, -0.25) is 0 Å². The molecule has 0 bridgehead atoms. The molecular formula is C13H23N5O2S. The molecule has 1 fully saturated rings. The van der Waals surface area contributed by atoms with E-state index >= 15 is 0 Å². The van der Waals surface area contributed by atoms with E-state index in [-0.39, 0.29) is 12.1 Å². The Balaban J connectivity index is 1.87. The van der Waals surface area contributed by atoms with Gasteiger partial charge in [0.15, 0.2) is 0 Å². The van der Waals surface area contributed by atoms with E-state index in [1.165, 1.54) is 11.3 Å². The number of nitrogens with one attached hydrogen (secondary N) is 1. The number of nitrogen functional groups attached to an aromatic ring is 1. The smallest absolute Gasteiger partial charge is 0.317 e. The number of nitrogens with two attached hydrogens (primary N) is 1. The van der Waals surface area contributed by atoms with Gasteiger partial charge >= 0.3 is 6.03 Å². The van der Waals surface area contributed by atoms with Gasteiger partial charge in [0.25, 0.3) is 0 Å². The third-order valence-electron chi connectivity index (χ3n) is 3.66. The summed E-state index contributed by atoms with van der Waals surface area (Å²) >= 11 is 1.30. The molecule has 8 heteroatoms. The number of hydrogen-bond acceptors (Lipinski definition) is 6. The fraction of sp³-hybridized carbons (Fsp3) is 0.769. The van der Waals surface area contributed by atoms with Gasteiger partial charge in [-0.1, -0.05) is 11.3 Å². The Morgan fingerprint density at radius 2 is 2.24 bits per heavy atom. The van der Waals surface area contributed by atoms with Crippen molar-refractivity contribution in [2.45, 2.75) is 32.7 Å². The van der Waals surface area contributed by atoms with Crippen molar-refractivity contribution >= 4 is 22.5 Å². The summed E-state index contributed by atoms with van der Waals surface area (Å²) in [6, 6.07) is -0.249. The fourth-order valence-electron chi connectivity index (χ4n) is 2.36. The first-order chi connectivity index (χ1) is 10.1. The molecule has 1 aliphatic heterocycles. The van der Waals surface area contributed by atoms with E-state index < -0.39 is 0 Å². The summed E-state index contributed by atoms with van der Waals surface area (Å²) in [5.41, 5.74) is 5.57. The second kappa shape index (κ2) is 7.56. The van der Waals surface area contributed by atoms with Crippen LogP contribution in [0.15, 0.2) is 0 Å². The Morgan fingerprint density at radius 1 is 1.52 bits per heavy atom. The molecule has 21 heavy (non-hydrogen) atoms. The van der Waals surface area contributed by atoms with Crippen molar-refractivity contribution in [3.8, 4) is 0 Å². The Kier molecular flexibility index (Phi) is 5.75. The number of rotatable bonds is 5. The first-order valence-corrected chi connectivity index (χ1v) is 8.13. The molecule has 2 heterocycles. The third-order valence-corrected chi connectivity index (χ3v) is 4.59. The number of anilines is 1. The van der Waals surface area contributed by atoms with Gasteiger partial charge in [-0.05, 0) is 32.6 Å². The number of nitrogens with zero attached hydrogens (tertiary/aromatic N) is 3. The van der Waals surface area contributed by atoms with Crippen LogP contribution in [0.25, 0.3) is 0 Å². The average Bonchev–Trinajstić information content (AvgIpc) is 2.92. The van der Waals surface area contributed by atoms with Gasteiger partial charge in [0.2, 0.25) is 5.13 Å². The lowest BCUT2D eigenvalue weighted by Crippen LogP contribution is -2.44. The predicted octanol–water partition coefficient (Wildman–Crippen LogP) is 1.64. The molecule has 1 aliphatic rings. The van der Waals surface area contributed by atoms with Gasteiger partial charge in [0.05, 0.1) is 6.04 Å². The van der Waals surface area contributed by atoms with Gasteiger partial charge in [0.1, 0.15) is 5.01 Å². The van der Waals surface area contributed by atoms with Gasteiger partial charge in [-0.25, -0.2) is 4.79 Å². The number of urea groups is 1. The number of carbonyl (C=O) groups is 1. The average molecular weight is 313 g/mol. The molecule has 1 aromatic rings. The monoisotopic (exact) mass is 313 g/mol. The molecule has 2 amide bonds. The third kappa shape index (κ3) is 4.53. The SMILES string of the molecule is CCN(CC1CCOCC1)C(=O)NC(C)c1nnc(N)s1. The summed E-state index contributed by atoms with van der Waals surface area (Å²) in [6.45, 7) is 6.94. The highest BCUT2D eigenvalue weighted by atomic mass is 32.1. The number of carbonyl (C=O) groups excluding carboxylic acids is 1. The van der Waals surface area contributed by atoms with Crippen LogP contribution in [0.3, 0.4) is 0 Å². The van der Waals surface area contributed by atoms with Crippen LogP contribution in [0.1, 0.15) is 37.7 Å². The molecule has 0 spiro atoms. The Hall–Kier alpha value is -1.41. The van der Waals surface area contributed by atoms with Crippen molar-refractivity contribution in [2.24, 2.45) is 5.92 Å². The zero-order chi connectivity index (χ0) is 15.2. The zero-order valence-corrected chi connectivity index (χ0v) is 13.4. The summed E-state index contributed by atoms with van der Waals surface area (Å²) in [5, 5.41) is 11.8. The standard InChI is InChI=1S/C13H23N5O2S/c1-3-18(8-10-4-6-20-7-5-10)13(19)15-9(2)11-16-17-12(14)21-11/h9-10H,3-8H2,1-2H3,(H2,14,17)(H,15,19). The molecule has 1 saturated heterocycles. The maximum absolute atomic E-state index is 12.3. The van der Waals surface area contributed by atoms with Crippen LogP contribution in [0.5, 0.6) is 0 Å². The van der Waals surface area contributed by atoms with E-state index in [2.05, 4.69) is 15.5 Å². The Morgan fingerprint density at radius 3 is 2.81 bits per heavy atom. The molecule has 0 aliphatic carbocycles. The number of amides is 2. The van der Waals surface area contributed by atoms with Crippen molar-refractivity contribution in [3.63, 3.8) is 0 Å². The number of aromatic nitrogens is 2. The molecule has 0 aromatic carbocycles. The van der Waals surface area contributed by atoms with Gasteiger partial charge < -0.3 is 20.7 Å². The summed E-state index contributed by atoms with van der Waals surface area (Å²) in [4.78, 5) is 14.2. The number of hydrogen-bond donors (Lipinski definition) is 2. The molecule has 0 radical (unpaired) electrons. The Bertz CT molecular complexity index is 461. The lowest BCUT2D eigenvalue weighted by molar-refractivity contribution is 0.0567. The van der Waals surface area contributed by atoms with E-state index in [1.54, 1.807) is 0 Å². The van der Waals surface area contributed by atoms with E-state index in [9.17, 15) is 4.79 Å². The van der Waals surface area contributed by atoms with Crippen molar-refractivity contribution in [1.29, 1.82) is 0 Å². The molecule has 7 nitrogen and oxygen atoms in total. The van der Waals surface area contributed by atoms with Crippen molar-refractivity contribution < 1.29 is 9.53 Å². The summed E-state index contributed by atoms with van der Waals surface area (Å²) in [5.74, 6) is 0.525. The molecule has 3 N–H and O–H groups in total. The first kappa shape index (κ1) is 16.0. The van der Waals surface area contributed by atoms with Gasteiger partial charge in [0, 0.05) is 26.3 Å². The predicted molar refractivity (Wildman–Crippen MR) is 82.1 cm³/mol. The molecule has 1 atom stereocenters. The number of ether oxygens (including phenoxy) is 1. The fourth-order valence-corrected chi connectivity index (χ4v) is 2.97. The van der Waals surface area contributed by atoms with Crippen LogP contribution < -0.4 is 11.1 Å². The Labute approximate surface area is 128 Å². The largest absolute Gasteiger partial charge is 0.381 e. The summed E-state index contributed by atoms with van der Waals surface area (Å²) in [6.07, 6.45) is 2.04. The van der Waals surface area contributed by atoms with Crippen molar-refractivity contribution in [1.82, 2.24) is 20.4 Å². The summed E-state index contributed by atoms with van der Waals surface area (Å²) < 4.78 is 5.36. The second-order valence-electron chi connectivity index (χ2n) is 5.24. The minimum Gasteiger partial charge on any atom is -0.381 e. The molecular weight excluding hydrogens is 290 g/mol. The topological polar surface area (TPSA) is 93.4 Å². The van der Waals surface area contributed by atoms with Crippen LogP contribution in [-0.2, 0) is 4.74 Å². The minimum atomic E-state index is -0.184. The highest BCUT2D eigenvalue weighted by Crippen LogP contribution is 2.20. The maximum Gasteiger partial charge on any atom is 0.317 e. The van der Waals surface area contributed by atoms with Crippen LogP contribution in [-0.4, -0.2) is 47.4 Å². The molecule has 2 rings (SSSR count). The molecule has 1 aromatic heterocycles. The zero-order valence-electron chi connectivity index (χ0n) is 12.5. The first-order valence-electron chi connectivity index (χ1n) is 7.32. The summed E-state index contributed by atoms with van der Waals surface area (Å²) in [7, 11) is 0. The maximum atomic E-state index is 12.3. The second-order valence-corrected chi connectivity index (χ2v) is 6.28. The quantitative estimate of drug-likeness (QED) is 0.862. The minimum absolute atomic E-state index is 0.0646. The van der Waals surface area contributed by atoms with E-state index in [1.807, 2.05) is 18.7 Å². The lowest BCUT2D eigenvalue weighted by Gasteiger charge is -2.29. The van der Waals surface area contributed by atoms with Gasteiger partial charge in [-0.2, -0.15) is 0 Å². The molecule has 1 unspecified atom stereocenters. The normalized spacial score (nSPS) is 17.4. The lowest BCUT2D eigenvalue weighted by atomic mass is 10.00. The van der Waals surface area contributed by atoms with Crippen LogP contribution >= 0.6 is 11.3 Å². The highest BCUT2D eigenvalue weighted by Gasteiger charge is 2.22. The molecule has 0 saturated carbocycles. The molecule has 118 valence electrons. The van der Waals surface area contributed by atoms with Crippen LogP contribution in [0.2, 0.25) is 0 Å². The van der Waals surface area contributed by atoms with Crippen molar-refractivity contribution in [3.05, 3.63) is 5.01 Å². The van der Waals surface area contributed by atoms with Gasteiger partial charge in [-0.15, -0.1) is 10.2 Å². The van der Waals surface area contributed by atoms with E-state index in [0.29, 0.717) is 17.6 Å².